The third kappa shape index (κ3) is 5.14. The van der Waals surface area contributed by atoms with Crippen LogP contribution >= 0.6 is 0 Å². The van der Waals surface area contributed by atoms with Gasteiger partial charge in [0.15, 0.2) is 0 Å². The van der Waals surface area contributed by atoms with Crippen LogP contribution in [-0.4, -0.2) is 31.2 Å². The summed E-state index contributed by atoms with van der Waals surface area (Å²) in [4.78, 5) is 15.3. The van der Waals surface area contributed by atoms with Crippen molar-refractivity contribution in [3.05, 3.63) is 0 Å². The van der Waals surface area contributed by atoms with Crippen molar-refractivity contribution in [2.75, 3.05) is 14.1 Å². The van der Waals surface area contributed by atoms with E-state index in [1.54, 1.807) is 4.90 Å². The van der Waals surface area contributed by atoms with Gasteiger partial charge in [0.25, 0.3) is 0 Å². The van der Waals surface area contributed by atoms with Gasteiger partial charge in [-0.3, -0.25) is 4.79 Å². The first-order valence-electron chi connectivity index (χ1n) is 2.34. The molecule has 0 fully saturated rings. The van der Waals surface area contributed by atoms with E-state index in [-0.39, 0.29) is 5.91 Å². The first-order chi connectivity index (χ1) is 3.63. The van der Waals surface area contributed by atoms with Crippen LogP contribution in [0.25, 0.3) is 0 Å². The van der Waals surface area contributed by atoms with E-state index in [1.165, 1.54) is 13.3 Å². The molecule has 8 heavy (non-hydrogen) atoms. The molecule has 0 saturated carbocycles. The number of rotatable bonds is 1. The van der Waals surface area contributed by atoms with Crippen molar-refractivity contribution in [1.29, 1.82) is 0 Å². The third-order valence-corrected chi connectivity index (χ3v) is 0.470. The third-order valence-electron chi connectivity index (χ3n) is 0.470. The number of hydrogen-bond acceptors (Lipinski definition) is 1. The van der Waals surface area contributed by atoms with Crippen LogP contribution in [0.5, 0.6) is 0 Å². The molecule has 0 aromatic rings. The standard InChI is InChI=1S/C5H10N2O/c1-5(8)6-4-7(2)3/h4H,1-3H3/b6-4-. The lowest BCUT2D eigenvalue weighted by atomic mass is 10.7. The quantitative estimate of drug-likeness (QED) is 0.358. The van der Waals surface area contributed by atoms with Crippen molar-refractivity contribution >= 4 is 12.2 Å². The van der Waals surface area contributed by atoms with E-state index in [9.17, 15) is 4.79 Å². The molecule has 0 aromatic heterocycles. The highest BCUT2D eigenvalue weighted by Crippen LogP contribution is 1.69. The van der Waals surface area contributed by atoms with Crippen molar-refractivity contribution < 1.29 is 4.79 Å². The van der Waals surface area contributed by atoms with Crippen molar-refractivity contribution in [3.63, 3.8) is 0 Å². The Morgan fingerprint density at radius 1 is 1.62 bits per heavy atom. The molecule has 0 rings (SSSR count). The van der Waals surface area contributed by atoms with Crippen LogP contribution in [-0.2, 0) is 4.79 Å². The minimum absolute atomic E-state index is 0.168. The molecular formula is C5H10N2O. The number of hydrogen-bond donors (Lipinski definition) is 0. The molecule has 0 aliphatic carbocycles. The zero-order valence-electron chi connectivity index (χ0n) is 5.38. The predicted molar refractivity (Wildman–Crippen MR) is 32.9 cm³/mol. The number of amides is 1. The van der Waals surface area contributed by atoms with E-state index in [1.807, 2.05) is 14.1 Å². The van der Waals surface area contributed by atoms with Gasteiger partial charge in [-0.25, -0.2) is 4.99 Å². The van der Waals surface area contributed by atoms with E-state index in [0.29, 0.717) is 0 Å². The van der Waals surface area contributed by atoms with Crippen molar-refractivity contribution in [2.24, 2.45) is 4.99 Å². The molecule has 0 radical (unpaired) electrons. The Balaban J connectivity index is 3.50. The molecule has 46 valence electrons. The highest BCUT2D eigenvalue weighted by molar-refractivity contribution is 5.81. The number of carbonyl (C=O) groups excluding carboxylic acids is 1. The van der Waals surface area contributed by atoms with Crippen molar-refractivity contribution in [3.8, 4) is 0 Å². The summed E-state index contributed by atoms with van der Waals surface area (Å²) in [6.07, 6.45) is 1.47. The molecule has 3 heteroatoms. The Kier molecular flexibility index (Phi) is 2.84. The molecule has 3 nitrogen and oxygen atoms in total. The minimum atomic E-state index is -0.168. The monoisotopic (exact) mass is 114 g/mol. The SMILES string of the molecule is CC(=O)/N=C\N(C)C. The van der Waals surface area contributed by atoms with Crippen LogP contribution in [0.1, 0.15) is 6.92 Å². The van der Waals surface area contributed by atoms with Gasteiger partial charge in [0, 0.05) is 21.0 Å². The number of carbonyl (C=O) groups is 1. The van der Waals surface area contributed by atoms with Gasteiger partial charge in [0.1, 0.15) is 0 Å². The molecule has 0 saturated heterocycles. The van der Waals surface area contributed by atoms with Gasteiger partial charge in [0.2, 0.25) is 5.91 Å². The fourth-order valence-corrected chi connectivity index (χ4v) is 0.197. The van der Waals surface area contributed by atoms with Gasteiger partial charge >= 0.3 is 0 Å². The molecule has 0 atom stereocenters. The maximum atomic E-state index is 10.1. The number of aliphatic imine (C=N–C) groups is 1. The van der Waals surface area contributed by atoms with Crippen LogP contribution in [0.2, 0.25) is 0 Å². The summed E-state index contributed by atoms with van der Waals surface area (Å²) < 4.78 is 0. The van der Waals surface area contributed by atoms with Gasteiger partial charge in [-0.2, -0.15) is 0 Å². The fraction of sp³-hybridized carbons (Fsp3) is 0.600. The Bertz CT molecular complexity index is 107. The van der Waals surface area contributed by atoms with Crippen LogP contribution in [0, 0.1) is 0 Å². The molecule has 0 spiro atoms. The second-order valence-electron chi connectivity index (χ2n) is 1.73. The summed E-state index contributed by atoms with van der Waals surface area (Å²) in [6.45, 7) is 1.42. The zero-order valence-corrected chi connectivity index (χ0v) is 5.38. The molecule has 0 aromatic carbocycles. The Labute approximate surface area is 49.0 Å². The second-order valence-corrected chi connectivity index (χ2v) is 1.73. The summed E-state index contributed by atoms with van der Waals surface area (Å²) in [5.74, 6) is -0.168. The van der Waals surface area contributed by atoms with Gasteiger partial charge in [-0.15, -0.1) is 0 Å². The van der Waals surface area contributed by atoms with E-state index >= 15 is 0 Å². The van der Waals surface area contributed by atoms with E-state index in [2.05, 4.69) is 4.99 Å². The molecule has 0 unspecified atom stereocenters. The normalized spacial score (nSPS) is 9.88. The highest BCUT2D eigenvalue weighted by Gasteiger charge is 1.80. The van der Waals surface area contributed by atoms with Gasteiger partial charge in [-0.05, 0) is 0 Å². The molecular weight excluding hydrogens is 104 g/mol. The average molecular weight is 114 g/mol. The lowest BCUT2D eigenvalue weighted by molar-refractivity contribution is -0.115. The molecule has 0 bridgehead atoms. The predicted octanol–water partition coefficient (Wildman–Crippen LogP) is 0.123. The van der Waals surface area contributed by atoms with Crippen molar-refractivity contribution in [2.45, 2.75) is 6.92 Å². The summed E-state index contributed by atoms with van der Waals surface area (Å²) in [7, 11) is 3.62. The molecule has 1 amide bonds. The fourth-order valence-electron chi connectivity index (χ4n) is 0.197. The zero-order chi connectivity index (χ0) is 6.57. The first-order valence-corrected chi connectivity index (χ1v) is 2.34. The molecule has 0 N–H and O–H groups in total. The van der Waals surface area contributed by atoms with Crippen LogP contribution in [0.15, 0.2) is 4.99 Å². The molecule has 0 aliphatic rings. The second kappa shape index (κ2) is 3.18. The van der Waals surface area contributed by atoms with Gasteiger partial charge < -0.3 is 4.90 Å². The summed E-state index contributed by atoms with van der Waals surface area (Å²) in [5, 5.41) is 0. The Hall–Kier alpha value is -0.860. The first kappa shape index (κ1) is 7.14. The van der Waals surface area contributed by atoms with Crippen LogP contribution in [0.4, 0.5) is 0 Å². The van der Waals surface area contributed by atoms with Gasteiger partial charge in [-0.1, -0.05) is 0 Å². The Morgan fingerprint density at radius 3 is 2.25 bits per heavy atom. The molecule has 0 aliphatic heterocycles. The van der Waals surface area contributed by atoms with Crippen LogP contribution < -0.4 is 0 Å². The lowest BCUT2D eigenvalue weighted by Crippen LogP contribution is -2.08. The lowest BCUT2D eigenvalue weighted by Gasteiger charge is -1.99. The maximum Gasteiger partial charge on any atom is 0.243 e. The largest absolute Gasteiger partial charge is 0.369 e. The topological polar surface area (TPSA) is 32.7 Å². The summed E-state index contributed by atoms with van der Waals surface area (Å²) in [5.41, 5.74) is 0. The summed E-state index contributed by atoms with van der Waals surface area (Å²) >= 11 is 0. The molecule has 0 heterocycles. The van der Waals surface area contributed by atoms with Crippen molar-refractivity contribution in [1.82, 2.24) is 4.90 Å². The maximum absolute atomic E-state index is 10.1. The minimum Gasteiger partial charge on any atom is -0.369 e. The highest BCUT2D eigenvalue weighted by atomic mass is 16.1. The van der Waals surface area contributed by atoms with E-state index < -0.39 is 0 Å². The number of nitrogens with zero attached hydrogens (tertiary/aromatic N) is 2. The Morgan fingerprint density at radius 2 is 2.12 bits per heavy atom. The average Bonchev–Trinajstić information content (AvgIpc) is 1.61. The van der Waals surface area contributed by atoms with Crippen LogP contribution in [0.3, 0.4) is 0 Å². The van der Waals surface area contributed by atoms with Gasteiger partial charge in [0.05, 0.1) is 6.34 Å². The van der Waals surface area contributed by atoms with E-state index in [4.69, 9.17) is 0 Å². The summed E-state index contributed by atoms with van der Waals surface area (Å²) in [6, 6.07) is 0. The smallest absolute Gasteiger partial charge is 0.243 e. The van der Waals surface area contributed by atoms with E-state index in [0.717, 1.165) is 0 Å².